The number of aliphatic imine (C=N–C) groups is 1. The Labute approximate surface area is 209 Å². The van der Waals surface area contributed by atoms with Gasteiger partial charge in [0.25, 0.3) is 5.91 Å². The van der Waals surface area contributed by atoms with Gasteiger partial charge in [0.05, 0.1) is 12.3 Å². The topological polar surface area (TPSA) is 94.6 Å². The summed E-state index contributed by atoms with van der Waals surface area (Å²) >= 11 is 0. The summed E-state index contributed by atoms with van der Waals surface area (Å²) in [6, 6.07) is 15.4. The van der Waals surface area contributed by atoms with E-state index < -0.39 is 17.3 Å². The molecule has 1 saturated carbocycles. The first-order valence-corrected chi connectivity index (χ1v) is 12.2. The Balaban J connectivity index is 1.33. The van der Waals surface area contributed by atoms with Gasteiger partial charge in [0.1, 0.15) is 11.6 Å². The van der Waals surface area contributed by atoms with Crippen molar-refractivity contribution >= 4 is 17.4 Å². The molecule has 2 aliphatic rings. The Morgan fingerprint density at radius 1 is 1.17 bits per heavy atom. The highest BCUT2D eigenvalue weighted by Gasteiger charge is 2.44. The van der Waals surface area contributed by atoms with E-state index >= 15 is 0 Å². The lowest BCUT2D eigenvalue weighted by Crippen LogP contribution is -2.52. The van der Waals surface area contributed by atoms with Gasteiger partial charge in [-0.25, -0.2) is 4.39 Å². The van der Waals surface area contributed by atoms with Gasteiger partial charge in [-0.15, -0.1) is 0 Å². The molecule has 1 fully saturated rings. The Morgan fingerprint density at radius 2 is 2.03 bits per heavy atom. The molecule has 2 atom stereocenters. The molecule has 3 aromatic rings. The van der Waals surface area contributed by atoms with Gasteiger partial charge in [0.15, 0.2) is 11.4 Å². The molecule has 0 saturated heterocycles. The number of ketones is 1. The molecule has 6 nitrogen and oxygen atoms in total. The number of pyridine rings is 1. The average Bonchev–Trinajstić information content (AvgIpc) is 3.27. The molecule has 1 aromatic heterocycles. The van der Waals surface area contributed by atoms with Gasteiger partial charge in [0.2, 0.25) is 0 Å². The SMILES string of the molecule is Cc1cc(C2=NCc3ccc(C(=O)CC4CCCC(Oc5cccc(F)c5)(C(N)=O)C4)cc32)ccn1. The van der Waals surface area contributed by atoms with Crippen LogP contribution in [0.2, 0.25) is 0 Å². The normalized spacial score (nSPS) is 20.9. The molecule has 2 N–H and O–H groups in total. The quantitative estimate of drug-likeness (QED) is 0.479. The number of carbonyl (C=O) groups is 2. The summed E-state index contributed by atoms with van der Waals surface area (Å²) in [6.45, 7) is 2.52. The van der Waals surface area contributed by atoms with E-state index in [2.05, 4.69) is 4.98 Å². The fourth-order valence-corrected chi connectivity index (χ4v) is 5.32. The molecule has 0 bridgehead atoms. The molecule has 5 rings (SSSR count). The number of primary amides is 1. The number of amides is 1. The van der Waals surface area contributed by atoms with Crippen LogP contribution in [0.15, 0.2) is 65.8 Å². The number of Topliss-reactive ketones (excluding diaryl/α,β-unsaturated/α-hetero) is 1. The number of nitrogens with two attached hydrogens (primary N) is 1. The second kappa shape index (κ2) is 9.64. The van der Waals surface area contributed by atoms with Crippen molar-refractivity contribution in [2.45, 2.75) is 51.2 Å². The number of carbonyl (C=O) groups excluding carboxylic acids is 2. The van der Waals surface area contributed by atoms with E-state index in [0.717, 1.165) is 34.5 Å². The predicted octanol–water partition coefficient (Wildman–Crippen LogP) is 4.95. The predicted molar refractivity (Wildman–Crippen MR) is 135 cm³/mol. The third-order valence-corrected chi connectivity index (χ3v) is 7.11. The first kappa shape index (κ1) is 23.9. The number of nitrogens with zero attached hydrogens (tertiary/aromatic N) is 2. The maximum absolute atomic E-state index is 13.7. The van der Waals surface area contributed by atoms with Crippen LogP contribution >= 0.6 is 0 Å². The number of ether oxygens (including phenoxy) is 1. The van der Waals surface area contributed by atoms with Gasteiger partial charge in [-0.3, -0.25) is 19.6 Å². The third kappa shape index (κ3) is 4.78. The van der Waals surface area contributed by atoms with E-state index in [-0.39, 0.29) is 23.9 Å². The fourth-order valence-electron chi connectivity index (χ4n) is 5.32. The average molecular weight is 486 g/mol. The standard InChI is InChI=1S/C29H28FN3O3/c1-18-12-21(9-11-32-18)27-25-14-20(7-8-22(25)17-33-27)26(34)13-19-4-3-10-29(16-19,28(31)35)36-24-6-2-5-23(30)15-24/h2,5-9,11-12,14-15,19H,3-4,10,13,16-17H2,1H3,(H2,31,35). The lowest BCUT2D eigenvalue weighted by Gasteiger charge is -2.38. The van der Waals surface area contributed by atoms with E-state index in [1.807, 2.05) is 37.3 Å². The summed E-state index contributed by atoms with van der Waals surface area (Å²) in [7, 11) is 0. The zero-order valence-electron chi connectivity index (χ0n) is 20.2. The van der Waals surface area contributed by atoms with Crippen LogP contribution < -0.4 is 10.5 Å². The molecule has 0 radical (unpaired) electrons. The van der Waals surface area contributed by atoms with Crippen LogP contribution in [0, 0.1) is 18.7 Å². The van der Waals surface area contributed by atoms with Gasteiger partial charge in [-0.2, -0.15) is 0 Å². The first-order valence-electron chi connectivity index (χ1n) is 12.2. The Kier molecular flexibility index (Phi) is 6.39. The van der Waals surface area contributed by atoms with Crippen molar-refractivity contribution in [2.24, 2.45) is 16.6 Å². The number of halogens is 1. The van der Waals surface area contributed by atoms with Crippen molar-refractivity contribution in [2.75, 3.05) is 0 Å². The molecule has 1 aliphatic heterocycles. The number of hydrogen-bond acceptors (Lipinski definition) is 5. The number of aromatic nitrogens is 1. The zero-order valence-corrected chi connectivity index (χ0v) is 20.2. The van der Waals surface area contributed by atoms with Gasteiger partial charge in [-0.05, 0) is 74.4 Å². The number of aryl methyl sites for hydroxylation is 1. The highest BCUT2D eigenvalue weighted by atomic mass is 19.1. The molecule has 2 unspecified atom stereocenters. The van der Waals surface area contributed by atoms with E-state index in [9.17, 15) is 14.0 Å². The molecule has 7 heteroatoms. The second-order valence-corrected chi connectivity index (χ2v) is 9.73. The van der Waals surface area contributed by atoms with E-state index in [4.69, 9.17) is 15.5 Å². The maximum atomic E-state index is 13.7. The van der Waals surface area contributed by atoms with Gasteiger partial charge in [-0.1, -0.05) is 18.2 Å². The minimum absolute atomic E-state index is 0.00554. The number of benzene rings is 2. The van der Waals surface area contributed by atoms with Crippen LogP contribution in [0.25, 0.3) is 0 Å². The number of rotatable bonds is 7. The first-order chi connectivity index (χ1) is 17.3. The summed E-state index contributed by atoms with van der Waals surface area (Å²) in [6.07, 6.45) is 4.28. The van der Waals surface area contributed by atoms with Crippen LogP contribution in [0.4, 0.5) is 4.39 Å². The summed E-state index contributed by atoms with van der Waals surface area (Å²) in [4.78, 5) is 34.8. The number of hydrogen-bond donors (Lipinski definition) is 1. The molecule has 36 heavy (non-hydrogen) atoms. The minimum atomic E-state index is -1.26. The van der Waals surface area contributed by atoms with Crippen LogP contribution in [0.3, 0.4) is 0 Å². The van der Waals surface area contributed by atoms with E-state index in [1.54, 1.807) is 12.3 Å². The minimum Gasteiger partial charge on any atom is -0.477 e. The van der Waals surface area contributed by atoms with Crippen LogP contribution in [-0.2, 0) is 11.3 Å². The van der Waals surface area contributed by atoms with Crippen molar-refractivity contribution in [3.05, 3.63) is 94.6 Å². The zero-order chi connectivity index (χ0) is 25.3. The lowest BCUT2D eigenvalue weighted by molar-refractivity contribution is -0.137. The summed E-state index contributed by atoms with van der Waals surface area (Å²) in [5, 5.41) is 0. The molecule has 0 spiro atoms. The maximum Gasteiger partial charge on any atom is 0.261 e. The molecule has 184 valence electrons. The highest BCUT2D eigenvalue weighted by Crippen LogP contribution is 2.38. The molecule has 1 aliphatic carbocycles. The molecular formula is C29H28FN3O3. The third-order valence-electron chi connectivity index (χ3n) is 7.11. The fraction of sp³-hybridized carbons (Fsp3) is 0.310. The largest absolute Gasteiger partial charge is 0.477 e. The van der Waals surface area contributed by atoms with Crippen molar-refractivity contribution in [3.63, 3.8) is 0 Å². The summed E-state index contributed by atoms with van der Waals surface area (Å²) < 4.78 is 19.7. The summed E-state index contributed by atoms with van der Waals surface area (Å²) in [5.41, 5.74) is 9.96. The second-order valence-electron chi connectivity index (χ2n) is 9.73. The van der Waals surface area contributed by atoms with Crippen LogP contribution in [0.5, 0.6) is 5.75 Å². The van der Waals surface area contributed by atoms with Gasteiger partial charge >= 0.3 is 0 Å². The molecule has 2 aromatic carbocycles. The van der Waals surface area contributed by atoms with Crippen molar-refractivity contribution in [1.82, 2.24) is 4.98 Å². The van der Waals surface area contributed by atoms with Gasteiger partial charge in [0, 0.05) is 41.1 Å². The Bertz CT molecular complexity index is 1370. The van der Waals surface area contributed by atoms with Crippen molar-refractivity contribution in [3.8, 4) is 5.75 Å². The Hall–Kier alpha value is -3.87. The number of fused-ring (bicyclic) bond motifs is 1. The van der Waals surface area contributed by atoms with Crippen LogP contribution in [0.1, 0.15) is 64.8 Å². The monoisotopic (exact) mass is 485 g/mol. The van der Waals surface area contributed by atoms with Crippen LogP contribution in [-0.4, -0.2) is 28.0 Å². The summed E-state index contributed by atoms with van der Waals surface area (Å²) in [5.74, 6) is -0.842. The van der Waals surface area contributed by atoms with Crippen molar-refractivity contribution in [1.29, 1.82) is 0 Å². The molecule has 1 amide bonds. The van der Waals surface area contributed by atoms with E-state index in [0.29, 0.717) is 31.4 Å². The highest BCUT2D eigenvalue weighted by molar-refractivity contribution is 6.16. The molecular weight excluding hydrogens is 457 g/mol. The Morgan fingerprint density at radius 3 is 2.81 bits per heavy atom. The van der Waals surface area contributed by atoms with Crippen molar-refractivity contribution < 1.29 is 18.7 Å². The lowest BCUT2D eigenvalue weighted by atomic mass is 9.75. The molecule has 2 heterocycles. The van der Waals surface area contributed by atoms with Gasteiger partial charge < -0.3 is 10.5 Å². The smallest absolute Gasteiger partial charge is 0.261 e. The van der Waals surface area contributed by atoms with E-state index in [1.165, 1.54) is 18.2 Å².